The first-order chi connectivity index (χ1) is 9.58. The third-order valence-electron chi connectivity index (χ3n) is 2.97. The molecule has 0 fully saturated rings. The summed E-state index contributed by atoms with van der Waals surface area (Å²) in [6.45, 7) is 4.65. The second-order valence-electron chi connectivity index (χ2n) is 4.34. The van der Waals surface area contributed by atoms with Crippen molar-refractivity contribution < 1.29 is 9.67 Å². The lowest BCUT2D eigenvalue weighted by Gasteiger charge is -2.06. The van der Waals surface area contributed by atoms with E-state index < -0.39 is 0 Å². The molecule has 20 heavy (non-hydrogen) atoms. The minimum absolute atomic E-state index is 0.0276. The third-order valence-corrected chi connectivity index (χ3v) is 2.97. The van der Waals surface area contributed by atoms with Crippen LogP contribution in [0, 0.1) is 0 Å². The summed E-state index contributed by atoms with van der Waals surface area (Å²) in [6, 6.07) is 3.60. The Morgan fingerprint density at radius 2 is 1.95 bits per heavy atom. The first kappa shape index (κ1) is 14.0. The SMILES string of the molecule is CCn1c(O)c(N=Nc2ccc[n+](C)c2)c(=O)n1CC. The first-order valence-corrected chi connectivity index (χ1v) is 6.48. The molecule has 0 aliphatic carbocycles. The van der Waals surface area contributed by atoms with Crippen LogP contribution in [0.15, 0.2) is 39.5 Å². The van der Waals surface area contributed by atoms with Crippen LogP contribution in [0.2, 0.25) is 0 Å². The molecule has 0 bridgehead atoms. The molecule has 0 aromatic carbocycles. The first-order valence-electron chi connectivity index (χ1n) is 6.48. The molecule has 7 nitrogen and oxygen atoms in total. The van der Waals surface area contributed by atoms with Gasteiger partial charge < -0.3 is 5.11 Å². The van der Waals surface area contributed by atoms with Crippen LogP contribution in [-0.4, -0.2) is 14.5 Å². The summed E-state index contributed by atoms with van der Waals surface area (Å²) in [5, 5.41) is 17.9. The van der Waals surface area contributed by atoms with E-state index in [0.717, 1.165) is 0 Å². The van der Waals surface area contributed by atoms with Gasteiger partial charge in [0, 0.05) is 19.2 Å². The second-order valence-corrected chi connectivity index (χ2v) is 4.34. The largest absolute Gasteiger partial charge is 0.492 e. The quantitative estimate of drug-likeness (QED) is 0.680. The fraction of sp³-hybridized carbons (Fsp3) is 0.385. The Balaban J connectivity index is 2.44. The predicted octanol–water partition coefficient (Wildman–Crippen LogP) is 1.64. The normalized spacial score (nSPS) is 11.3. The molecule has 2 rings (SSSR count). The molecule has 106 valence electrons. The van der Waals surface area contributed by atoms with Gasteiger partial charge in [-0.25, -0.2) is 13.9 Å². The van der Waals surface area contributed by atoms with Crippen molar-refractivity contribution in [2.24, 2.45) is 17.3 Å². The van der Waals surface area contributed by atoms with E-state index in [1.165, 1.54) is 9.36 Å². The highest BCUT2D eigenvalue weighted by molar-refractivity contribution is 5.45. The number of nitrogens with zero attached hydrogens (tertiary/aromatic N) is 5. The fourth-order valence-corrected chi connectivity index (χ4v) is 2.03. The highest BCUT2D eigenvalue weighted by Gasteiger charge is 2.17. The Morgan fingerprint density at radius 3 is 2.50 bits per heavy atom. The van der Waals surface area contributed by atoms with E-state index in [9.17, 15) is 9.90 Å². The molecule has 0 aliphatic heterocycles. The van der Waals surface area contributed by atoms with Gasteiger partial charge in [-0.1, -0.05) is 0 Å². The Bertz CT molecular complexity index is 699. The van der Waals surface area contributed by atoms with Crippen molar-refractivity contribution in [2.45, 2.75) is 26.9 Å². The van der Waals surface area contributed by atoms with Crippen molar-refractivity contribution in [3.05, 3.63) is 34.9 Å². The van der Waals surface area contributed by atoms with Crippen LogP contribution in [0.3, 0.4) is 0 Å². The molecule has 0 radical (unpaired) electrons. The van der Waals surface area contributed by atoms with Gasteiger partial charge in [0.1, 0.15) is 12.7 Å². The van der Waals surface area contributed by atoms with E-state index in [1.807, 2.05) is 37.7 Å². The smallest absolute Gasteiger partial charge is 0.298 e. The Morgan fingerprint density at radius 1 is 1.25 bits per heavy atom. The zero-order chi connectivity index (χ0) is 14.7. The van der Waals surface area contributed by atoms with Gasteiger partial charge in [-0.15, -0.1) is 10.2 Å². The van der Waals surface area contributed by atoms with Crippen molar-refractivity contribution in [1.29, 1.82) is 0 Å². The lowest BCUT2D eigenvalue weighted by atomic mass is 10.4. The summed E-state index contributed by atoms with van der Waals surface area (Å²) in [5.74, 6) is -0.150. The maximum Gasteiger partial charge on any atom is 0.298 e. The molecular formula is C13H18N5O2+. The summed E-state index contributed by atoms with van der Waals surface area (Å²) < 4.78 is 4.76. The van der Waals surface area contributed by atoms with Gasteiger partial charge in [0.15, 0.2) is 12.4 Å². The topological polar surface area (TPSA) is 75.8 Å². The average Bonchev–Trinajstić information content (AvgIpc) is 2.67. The molecule has 2 aromatic rings. The van der Waals surface area contributed by atoms with Crippen LogP contribution in [0.5, 0.6) is 5.88 Å². The van der Waals surface area contributed by atoms with E-state index in [2.05, 4.69) is 10.2 Å². The molecule has 0 spiro atoms. The molecule has 0 saturated carbocycles. The maximum absolute atomic E-state index is 12.1. The van der Waals surface area contributed by atoms with E-state index in [-0.39, 0.29) is 17.1 Å². The second kappa shape index (κ2) is 5.68. The summed E-state index contributed by atoms with van der Waals surface area (Å²) in [7, 11) is 1.87. The monoisotopic (exact) mass is 276 g/mol. The van der Waals surface area contributed by atoms with E-state index in [1.54, 1.807) is 12.3 Å². The van der Waals surface area contributed by atoms with Gasteiger partial charge >= 0.3 is 0 Å². The molecule has 2 aromatic heterocycles. The summed E-state index contributed by atoms with van der Waals surface area (Å²) >= 11 is 0. The van der Waals surface area contributed by atoms with Crippen LogP contribution in [0.1, 0.15) is 13.8 Å². The van der Waals surface area contributed by atoms with Gasteiger partial charge in [0.05, 0.1) is 0 Å². The number of azo groups is 1. The number of hydrogen-bond acceptors (Lipinski definition) is 4. The minimum Gasteiger partial charge on any atom is -0.492 e. The standard InChI is InChI=1S/C13H17N5O2/c1-4-17-12(19)11(13(20)18(17)5-2)15-14-10-7-6-8-16(3)9-10/h6-9H,4-5H2,1-3H3/p+1. The van der Waals surface area contributed by atoms with Crippen molar-refractivity contribution in [3.63, 3.8) is 0 Å². The van der Waals surface area contributed by atoms with Crippen LogP contribution in [0.25, 0.3) is 0 Å². The van der Waals surface area contributed by atoms with E-state index >= 15 is 0 Å². The van der Waals surface area contributed by atoms with Crippen LogP contribution < -0.4 is 10.1 Å². The van der Waals surface area contributed by atoms with Crippen LogP contribution in [0.4, 0.5) is 11.4 Å². The lowest BCUT2D eigenvalue weighted by molar-refractivity contribution is -0.670. The molecule has 0 aliphatic rings. The van der Waals surface area contributed by atoms with E-state index in [0.29, 0.717) is 18.8 Å². The zero-order valence-electron chi connectivity index (χ0n) is 11.8. The maximum atomic E-state index is 12.1. The van der Waals surface area contributed by atoms with Gasteiger partial charge in [-0.2, -0.15) is 0 Å². The predicted molar refractivity (Wildman–Crippen MR) is 73.5 cm³/mol. The highest BCUT2D eigenvalue weighted by atomic mass is 16.3. The lowest BCUT2D eigenvalue weighted by Crippen LogP contribution is -2.25. The van der Waals surface area contributed by atoms with Crippen LogP contribution in [-0.2, 0) is 20.1 Å². The van der Waals surface area contributed by atoms with Gasteiger partial charge in [-0.3, -0.25) is 4.79 Å². The van der Waals surface area contributed by atoms with Crippen molar-refractivity contribution >= 4 is 11.4 Å². The number of rotatable bonds is 4. The molecule has 7 heteroatoms. The Labute approximate surface area is 116 Å². The van der Waals surface area contributed by atoms with Crippen LogP contribution >= 0.6 is 0 Å². The minimum atomic E-state index is -0.337. The third kappa shape index (κ3) is 2.47. The Kier molecular flexibility index (Phi) is 3.97. The average molecular weight is 276 g/mol. The van der Waals surface area contributed by atoms with Gasteiger partial charge in [0.25, 0.3) is 5.56 Å². The van der Waals surface area contributed by atoms with E-state index in [4.69, 9.17) is 0 Å². The van der Waals surface area contributed by atoms with Crippen molar-refractivity contribution in [3.8, 4) is 5.88 Å². The molecule has 0 unspecified atom stereocenters. The molecule has 0 amide bonds. The van der Waals surface area contributed by atoms with Gasteiger partial charge in [0.2, 0.25) is 11.6 Å². The Hall–Kier alpha value is -2.44. The van der Waals surface area contributed by atoms with Gasteiger partial charge in [-0.05, 0) is 19.9 Å². The number of hydrogen-bond donors (Lipinski definition) is 1. The summed E-state index contributed by atoms with van der Waals surface area (Å²) in [5.41, 5.74) is 0.247. The number of aromatic nitrogens is 3. The fourth-order valence-electron chi connectivity index (χ4n) is 2.03. The number of pyridine rings is 1. The number of aryl methyl sites for hydroxylation is 1. The summed E-state index contributed by atoms with van der Waals surface area (Å²) in [6.07, 6.45) is 3.64. The van der Waals surface area contributed by atoms with Crippen molar-refractivity contribution in [2.75, 3.05) is 0 Å². The van der Waals surface area contributed by atoms with Crippen molar-refractivity contribution in [1.82, 2.24) is 9.36 Å². The zero-order valence-corrected chi connectivity index (χ0v) is 11.8. The molecular weight excluding hydrogens is 258 g/mol. The highest BCUT2D eigenvalue weighted by Crippen LogP contribution is 2.24. The molecule has 0 saturated heterocycles. The molecule has 1 N–H and O–H groups in total. The summed E-state index contributed by atoms with van der Waals surface area (Å²) in [4.78, 5) is 12.1. The molecule has 0 atom stereocenters. The molecule has 2 heterocycles. The number of aromatic hydroxyl groups is 1.